The first-order valence-corrected chi connectivity index (χ1v) is 9.74. The van der Waals surface area contributed by atoms with Crippen LogP contribution in [0.1, 0.15) is 17.0 Å². The Morgan fingerprint density at radius 3 is 2.57 bits per heavy atom. The maximum absolute atomic E-state index is 6.12. The van der Waals surface area contributed by atoms with Gasteiger partial charge in [0.2, 0.25) is 0 Å². The van der Waals surface area contributed by atoms with E-state index in [-0.39, 0.29) is 0 Å². The fourth-order valence-corrected chi connectivity index (χ4v) is 3.39. The summed E-state index contributed by atoms with van der Waals surface area (Å²) < 4.78 is 7.25. The first-order valence-electron chi connectivity index (χ1n) is 8.58. The Morgan fingerprint density at radius 2 is 1.86 bits per heavy atom. The summed E-state index contributed by atoms with van der Waals surface area (Å²) in [6.45, 7) is 4.51. The topological polar surface area (TPSA) is 51.1 Å². The molecule has 0 aliphatic heterocycles. The van der Waals surface area contributed by atoms with Crippen LogP contribution in [0.5, 0.6) is 5.75 Å². The molecule has 0 aliphatic rings. The monoisotopic (exact) mass is 434 g/mol. The van der Waals surface area contributed by atoms with Gasteiger partial charge >= 0.3 is 0 Å². The molecule has 28 heavy (non-hydrogen) atoms. The van der Waals surface area contributed by atoms with E-state index in [9.17, 15) is 0 Å². The first kappa shape index (κ1) is 20.5. The number of rotatable bonds is 5. The Bertz CT molecular complexity index is 1020. The Balaban J connectivity index is 1.76. The zero-order valence-electron chi connectivity index (χ0n) is 15.7. The highest BCUT2D eigenvalue weighted by atomic mass is 35.5. The zero-order valence-corrected chi connectivity index (χ0v) is 18.0. The molecule has 3 rings (SSSR count). The molecule has 5 nitrogen and oxygen atoms in total. The number of nitrogens with one attached hydrogen (secondary N) is 2. The van der Waals surface area contributed by atoms with Gasteiger partial charge in [0, 0.05) is 0 Å². The maximum atomic E-state index is 6.12. The molecular formula is C20H20Cl2N4OS. The second kappa shape index (κ2) is 8.82. The molecule has 0 amide bonds. The van der Waals surface area contributed by atoms with Crippen molar-refractivity contribution in [2.75, 3.05) is 17.7 Å². The van der Waals surface area contributed by atoms with Crippen LogP contribution in [-0.2, 0) is 6.54 Å². The quantitative estimate of drug-likeness (QED) is 0.506. The van der Waals surface area contributed by atoms with Crippen molar-refractivity contribution in [3.05, 3.63) is 69.5 Å². The first-order chi connectivity index (χ1) is 13.4. The standard InChI is InChI=1S/C20H20Cl2N4OS/c1-12-19(24-20(28)23-17-6-4-5-7-18(17)27-3)13(2)26(25-12)11-14-8-9-15(21)16(22)10-14/h4-10H,11H2,1-3H3,(H2,23,24,28). The van der Waals surface area contributed by atoms with Gasteiger partial charge in [-0.25, -0.2) is 0 Å². The van der Waals surface area contributed by atoms with E-state index in [1.54, 1.807) is 13.2 Å². The fraction of sp³-hybridized carbons (Fsp3) is 0.200. The molecular weight excluding hydrogens is 415 g/mol. The van der Waals surface area contributed by atoms with Gasteiger partial charge in [-0.15, -0.1) is 0 Å². The molecule has 0 atom stereocenters. The number of ether oxygens (including phenoxy) is 1. The molecule has 1 heterocycles. The molecule has 8 heteroatoms. The molecule has 0 fully saturated rings. The van der Waals surface area contributed by atoms with Crippen LogP contribution >= 0.6 is 35.4 Å². The third-order valence-corrected chi connectivity index (χ3v) is 5.23. The molecule has 146 valence electrons. The van der Waals surface area contributed by atoms with Crippen LogP contribution in [0.3, 0.4) is 0 Å². The van der Waals surface area contributed by atoms with Gasteiger partial charge in [0.05, 0.1) is 46.5 Å². The van der Waals surface area contributed by atoms with E-state index >= 15 is 0 Å². The highest BCUT2D eigenvalue weighted by molar-refractivity contribution is 7.80. The van der Waals surface area contributed by atoms with E-state index in [4.69, 9.17) is 40.2 Å². The molecule has 0 aliphatic carbocycles. The number of anilines is 2. The van der Waals surface area contributed by atoms with Gasteiger partial charge in [-0.3, -0.25) is 4.68 Å². The molecule has 1 aromatic heterocycles. The molecule has 0 saturated carbocycles. The van der Waals surface area contributed by atoms with E-state index in [1.807, 2.05) is 54.9 Å². The number of methoxy groups -OCH3 is 1. The Kier molecular flexibility index (Phi) is 6.44. The number of benzene rings is 2. The molecule has 0 bridgehead atoms. The van der Waals surface area contributed by atoms with Crippen molar-refractivity contribution in [1.29, 1.82) is 0 Å². The predicted octanol–water partition coefficient (Wildman–Crippen LogP) is 5.67. The lowest BCUT2D eigenvalue weighted by atomic mass is 10.2. The normalized spacial score (nSPS) is 10.6. The Hall–Kier alpha value is -2.28. The van der Waals surface area contributed by atoms with Gasteiger partial charge in [0.25, 0.3) is 0 Å². The molecule has 0 unspecified atom stereocenters. The minimum absolute atomic E-state index is 0.463. The third-order valence-electron chi connectivity index (χ3n) is 4.29. The summed E-state index contributed by atoms with van der Waals surface area (Å²) in [5.41, 5.74) is 4.49. The summed E-state index contributed by atoms with van der Waals surface area (Å²) in [5.74, 6) is 0.718. The van der Waals surface area contributed by atoms with E-state index < -0.39 is 0 Å². The van der Waals surface area contributed by atoms with Crippen LogP contribution in [0.2, 0.25) is 10.0 Å². The van der Waals surface area contributed by atoms with Gasteiger partial charge in [0.1, 0.15) is 5.75 Å². The molecule has 0 radical (unpaired) electrons. The minimum atomic E-state index is 0.463. The molecule has 2 aromatic carbocycles. The van der Waals surface area contributed by atoms with Gasteiger partial charge in [-0.1, -0.05) is 41.4 Å². The van der Waals surface area contributed by atoms with E-state index in [1.165, 1.54) is 0 Å². The van der Waals surface area contributed by atoms with Crippen LogP contribution in [0.25, 0.3) is 0 Å². The van der Waals surface area contributed by atoms with Gasteiger partial charge in [-0.05, 0) is 55.9 Å². The molecule has 2 N–H and O–H groups in total. The number of para-hydroxylation sites is 2. The maximum Gasteiger partial charge on any atom is 0.175 e. The summed E-state index contributed by atoms with van der Waals surface area (Å²) in [5, 5.41) is 12.5. The lowest BCUT2D eigenvalue weighted by Crippen LogP contribution is -2.20. The smallest absolute Gasteiger partial charge is 0.175 e. The van der Waals surface area contributed by atoms with Crippen LogP contribution < -0.4 is 15.4 Å². The summed E-state index contributed by atoms with van der Waals surface area (Å²) in [7, 11) is 1.62. The summed E-state index contributed by atoms with van der Waals surface area (Å²) in [6, 6.07) is 13.2. The molecule has 0 saturated heterocycles. The summed E-state index contributed by atoms with van der Waals surface area (Å²) in [6.07, 6.45) is 0. The lowest BCUT2D eigenvalue weighted by molar-refractivity contribution is 0.417. The molecule has 0 spiro atoms. The third kappa shape index (κ3) is 4.58. The van der Waals surface area contributed by atoms with Crippen molar-refractivity contribution in [3.63, 3.8) is 0 Å². The number of hydrogen-bond acceptors (Lipinski definition) is 3. The van der Waals surface area contributed by atoms with Gasteiger partial charge in [-0.2, -0.15) is 5.10 Å². The van der Waals surface area contributed by atoms with Crippen LogP contribution in [0, 0.1) is 13.8 Å². The predicted molar refractivity (Wildman–Crippen MR) is 120 cm³/mol. The minimum Gasteiger partial charge on any atom is -0.495 e. The number of halogens is 2. The largest absolute Gasteiger partial charge is 0.495 e. The van der Waals surface area contributed by atoms with E-state index in [0.717, 1.165) is 34.1 Å². The van der Waals surface area contributed by atoms with Crippen molar-refractivity contribution < 1.29 is 4.74 Å². The highest BCUT2D eigenvalue weighted by Gasteiger charge is 2.14. The number of thiocarbonyl (C=S) groups is 1. The van der Waals surface area contributed by atoms with Crippen molar-refractivity contribution in [2.45, 2.75) is 20.4 Å². The van der Waals surface area contributed by atoms with Crippen LogP contribution in [-0.4, -0.2) is 22.0 Å². The lowest BCUT2D eigenvalue weighted by Gasteiger charge is -2.13. The van der Waals surface area contributed by atoms with Crippen molar-refractivity contribution in [2.24, 2.45) is 0 Å². The van der Waals surface area contributed by atoms with Crippen molar-refractivity contribution in [3.8, 4) is 5.75 Å². The molecule has 3 aromatic rings. The average Bonchev–Trinajstić information content (AvgIpc) is 2.92. The Morgan fingerprint density at radius 1 is 1.11 bits per heavy atom. The average molecular weight is 435 g/mol. The fourth-order valence-electron chi connectivity index (χ4n) is 2.86. The number of aryl methyl sites for hydroxylation is 1. The summed E-state index contributed by atoms with van der Waals surface area (Å²) >= 11 is 17.6. The van der Waals surface area contributed by atoms with E-state index in [0.29, 0.717) is 21.7 Å². The second-order valence-electron chi connectivity index (χ2n) is 6.23. The number of hydrogen-bond donors (Lipinski definition) is 2. The summed E-state index contributed by atoms with van der Waals surface area (Å²) in [4.78, 5) is 0. The van der Waals surface area contributed by atoms with E-state index in [2.05, 4.69) is 15.7 Å². The highest BCUT2D eigenvalue weighted by Crippen LogP contribution is 2.26. The van der Waals surface area contributed by atoms with Gasteiger partial charge < -0.3 is 15.4 Å². The number of aromatic nitrogens is 2. The van der Waals surface area contributed by atoms with Crippen molar-refractivity contribution >= 4 is 51.9 Å². The second-order valence-corrected chi connectivity index (χ2v) is 7.45. The number of nitrogens with zero attached hydrogens (tertiary/aromatic N) is 2. The van der Waals surface area contributed by atoms with Crippen molar-refractivity contribution in [1.82, 2.24) is 9.78 Å². The zero-order chi connectivity index (χ0) is 20.3. The Labute approximate surface area is 179 Å². The van der Waals surface area contributed by atoms with Crippen LogP contribution in [0.4, 0.5) is 11.4 Å². The van der Waals surface area contributed by atoms with Gasteiger partial charge in [0.15, 0.2) is 5.11 Å². The van der Waals surface area contributed by atoms with Crippen LogP contribution in [0.15, 0.2) is 42.5 Å². The SMILES string of the molecule is COc1ccccc1NC(=S)Nc1c(C)nn(Cc2ccc(Cl)c(Cl)c2)c1C.